The van der Waals surface area contributed by atoms with Crippen LogP contribution >= 0.6 is 11.6 Å². The summed E-state index contributed by atoms with van der Waals surface area (Å²) in [6, 6.07) is 10.2. The molecule has 0 saturated carbocycles. The summed E-state index contributed by atoms with van der Waals surface area (Å²) in [6.45, 7) is 2.79. The lowest BCUT2D eigenvalue weighted by Crippen LogP contribution is -2.06. The number of hydrogen-bond donors (Lipinski definition) is 1. The predicted molar refractivity (Wildman–Crippen MR) is 72.2 cm³/mol. The van der Waals surface area contributed by atoms with Crippen LogP contribution in [0.3, 0.4) is 0 Å². The lowest BCUT2D eigenvalue weighted by molar-refractivity contribution is 0.791. The fourth-order valence-corrected chi connectivity index (χ4v) is 1.83. The zero-order valence-electron chi connectivity index (χ0n) is 10.00. The van der Waals surface area contributed by atoms with Crippen LogP contribution in [0.2, 0.25) is 5.02 Å². The lowest BCUT2D eigenvalue weighted by Gasteiger charge is -2.05. The second-order valence-corrected chi connectivity index (χ2v) is 4.44. The molecule has 0 aliphatic rings. The molecule has 1 N–H and O–H groups in total. The Morgan fingerprint density at radius 2 is 1.94 bits per heavy atom. The van der Waals surface area contributed by atoms with Crippen molar-refractivity contribution in [1.29, 1.82) is 0 Å². The SMILES string of the molecule is CNCc1ccc(-c2ccc(C)c(Cl)c2)cn1. The van der Waals surface area contributed by atoms with Gasteiger partial charge in [-0.25, -0.2) is 0 Å². The maximum absolute atomic E-state index is 6.11. The smallest absolute Gasteiger partial charge is 0.0542 e. The number of nitrogens with one attached hydrogen (secondary N) is 1. The molecule has 3 heteroatoms. The molecule has 2 rings (SSSR count). The Morgan fingerprint density at radius 1 is 1.18 bits per heavy atom. The van der Waals surface area contributed by atoms with E-state index in [1.807, 2.05) is 38.4 Å². The molecule has 0 fully saturated rings. The first kappa shape index (κ1) is 12.1. The van der Waals surface area contributed by atoms with Crippen molar-refractivity contribution in [1.82, 2.24) is 10.3 Å². The summed E-state index contributed by atoms with van der Waals surface area (Å²) in [4.78, 5) is 4.39. The van der Waals surface area contributed by atoms with E-state index in [2.05, 4.69) is 22.4 Å². The van der Waals surface area contributed by atoms with E-state index in [0.717, 1.165) is 34.0 Å². The number of aromatic nitrogens is 1. The Kier molecular flexibility index (Phi) is 3.77. The predicted octanol–water partition coefficient (Wildman–Crippen LogP) is 3.43. The molecule has 0 amide bonds. The molecule has 88 valence electrons. The number of halogens is 1. The van der Waals surface area contributed by atoms with Gasteiger partial charge >= 0.3 is 0 Å². The van der Waals surface area contributed by atoms with Crippen molar-refractivity contribution in [2.45, 2.75) is 13.5 Å². The molecule has 1 heterocycles. The number of nitrogens with zero attached hydrogens (tertiary/aromatic N) is 1. The molecule has 2 nitrogen and oxygen atoms in total. The fourth-order valence-electron chi connectivity index (χ4n) is 1.65. The van der Waals surface area contributed by atoms with E-state index < -0.39 is 0 Å². The van der Waals surface area contributed by atoms with E-state index in [9.17, 15) is 0 Å². The Balaban J connectivity index is 2.30. The Hall–Kier alpha value is -1.38. The van der Waals surface area contributed by atoms with Crippen LogP contribution in [0, 0.1) is 6.92 Å². The van der Waals surface area contributed by atoms with Gasteiger partial charge in [0.2, 0.25) is 0 Å². The number of rotatable bonds is 3. The quantitative estimate of drug-likeness (QED) is 0.898. The highest BCUT2D eigenvalue weighted by molar-refractivity contribution is 6.31. The van der Waals surface area contributed by atoms with E-state index in [4.69, 9.17) is 11.6 Å². The molecule has 0 saturated heterocycles. The van der Waals surface area contributed by atoms with Crippen molar-refractivity contribution in [3.05, 3.63) is 52.8 Å². The highest BCUT2D eigenvalue weighted by Gasteiger charge is 2.01. The molecule has 0 spiro atoms. The average molecular weight is 247 g/mol. The monoisotopic (exact) mass is 246 g/mol. The largest absolute Gasteiger partial charge is 0.314 e. The molecule has 0 unspecified atom stereocenters. The van der Waals surface area contributed by atoms with Crippen LogP contribution in [0.15, 0.2) is 36.5 Å². The van der Waals surface area contributed by atoms with Crippen LogP contribution in [0.1, 0.15) is 11.3 Å². The standard InChI is InChI=1S/C14H15ClN2/c1-10-3-4-11(7-14(10)15)12-5-6-13(9-16-2)17-8-12/h3-8,16H,9H2,1-2H3. The van der Waals surface area contributed by atoms with Crippen molar-refractivity contribution < 1.29 is 0 Å². The van der Waals surface area contributed by atoms with E-state index in [1.54, 1.807) is 0 Å². The summed E-state index contributed by atoms with van der Waals surface area (Å²) in [6.07, 6.45) is 1.88. The van der Waals surface area contributed by atoms with Crippen LogP contribution in [0.25, 0.3) is 11.1 Å². The summed E-state index contributed by atoms with van der Waals surface area (Å²) in [5.74, 6) is 0. The minimum absolute atomic E-state index is 0.787. The number of pyridine rings is 1. The topological polar surface area (TPSA) is 24.9 Å². The third-order valence-corrected chi connectivity index (χ3v) is 3.09. The Morgan fingerprint density at radius 3 is 2.53 bits per heavy atom. The van der Waals surface area contributed by atoms with Crippen molar-refractivity contribution in [2.75, 3.05) is 7.05 Å². The highest BCUT2D eigenvalue weighted by atomic mass is 35.5. The number of aryl methyl sites for hydroxylation is 1. The molecule has 0 aliphatic carbocycles. The average Bonchev–Trinajstić information content (AvgIpc) is 2.34. The minimum Gasteiger partial charge on any atom is -0.314 e. The first-order valence-corrected chi connectivity index (χ1v) is 5.94. The van der Waals surface area contributed by atoms with Gasteiger partial charge < -0.3 is 5.32 Å². The zero-order valence-corrected chi connectivity index (χ0v) is 10.8. The van der Waals surface area contributed by atoms with E-state index in [-0.39, 0.29) is 0 Å². The first-order chi connectivity index (χ1) is 8.20. The normalized spacial score (nSPS) is 10.5. The van der Waals surface area contributed by atoms with Crippen LogP contribution in [-0.2, 0) is 6.54 Å². The summed E-state index contributed by atoms with van der Waals surface area (Å²) in [5.41, 5.74) is 4.32. The van der Waals surface area contributed by atoms with Gasteiger partial charge in [-0.05, 0) is 37.2 Å². The minimum atomic E-state index is 0.787. The second-order valence-electron chi connectivity index (χ2n) is 4.03. The van der Waals surface area contributed by atoms with Gasteiger partial charge in [0.1, 0.15) is 0 Å². The van der Waals surface area contributed by atoms with Gasteiger partial charge in [0, 0.05) is 23.3 Å². The van der Waals surface area contributed by atoms with Crippen LogP contribution in [-0.4, -0.2) is 12.0 Å². The van der Waals surface area contributed by atoms with Crippen molar-refractivity contribution in [3.63, 3.8) is 0 Å². The van der Waals surface area contributed by atoms with Gasteiger partial charge in [-0.1, -0.05) is 29.8 Å². The third-order valence-electron chi connectivity index (χ3n) is 2.69. The molecule has 17 heavy (non-hydrogen) atoms. The summed E-state index contributed by atoms with van der Waals surface area (Å²) in [7, 11) is 1.91. The van der Waals surface area contributed by atoms with E-state index in [1.165, 1.54) is 0 Å². The van der Waals surface area contributed by atoms with Gasteiger partial charge in [0.15, 0.2) is 0 Å². The van der Waals surface area contributed by atoms with Crippen molar-refractivity contribution >= 4 is 11.6 Å². The van der Waals surface area contributed by atoms with Gasteiger partial charge in [-0.15, -0.1) is 0 Å². The van der Waals surface area contributed by atoms with Gasteiger partial charge in [-0.2, -0.15) is 0 Å². The van der Waals surface area contributed by atoms with E-state index in [0.29, 0.717) is 0 Å². The third kappa shape index (κ3) is 2.84. The van der Waals surface area contributed by atoms with Gasteiger partial charge in [0.05, 0.1) is 5.69 Å². The number of benzene rings is 1. The van der Waals surface area contributed by atoms with Crippen LogP contribution in [0.4, 0.5) is 0 Å². The van der Waals surface area contributed by atoms with Crippen LogP contribution in [0.5, 0.6) is 0 Å². The fraction of sp³-hybridized carbons (Fsp3) is 0.214. The highest BCUT2D eigenvalue weighted by Crippen LogP contribution is 2.24. The maximum Gasteiger partial charge on any atom is 0.0542 e. The molecule has 1 aromatic carbocycles. The molecular weight excluding hydrogens is 232 g/mol. The molecule has 2 aromatic rings. The second kappa shape index (κ2) is 5.30. The van der Waals surface area contributed by atoms with Crippen molar-refractivity contribution in [3.8, 4) is 11.1 Å². The Labute approximate surface area is 107 Å². The molecule has 0 aliphatic heterocycles. The summed E-state index contributed by atoms with van der Waals surface area (Å²) < 4.78 is 0. The zero-order chi connectivity index (χ0) is 12.3. The summed E-state index contributed by atoms with van der Waals surface area (Å²) >= 11 is 6.11. The van der Waals surface area contributed by atoms with E-state index >= 15 is 0 Å². The van der Waals surface area contributed by atoms with Gasteiger partial charge in [-0.3, -0.25) is 4.98 Å². The first-order valence-electron chi connectivity index (χ1n) is 5.57. The Bertz CT molecular complexity index is 506. The maximum atomic E-state index is 6.11. The molecule has 0 bridgehead atoms. The van der Waals surface area contributed by atoms with Crippen LogP contribution < -0.4 is 5.32 Å². The van der Waals surface area contributed by atoms with Gasteiger partial charge in [0.25, 0.3) is 0 Å². The molecular formula is C14H15ClN2. The molecule has 0 atom stereocenters. The molecule has 0 radical (unpaired) electrons. The summed E-state index contributed by atoms with van der Waals surface area (Å²) in [5, 5.41) is 3.87. The van der Waals surface area contributed by atoms with Crippen molar-refractivity contribution in [2.24, 2.45) is 0 Å². The molecule has 1 aromatic heterocycles. The number of hydrogen-bond acceptors (Lipinski definition) is 2. The lowest BCUT2D eigenvalue weighted by atomic mass is 10.1.